The van der Waals surface area contributed by atoms with Crippen LogP contribution in [0.25, 0.3) is 0 Å². The normalized spacial score (nSPS) is 16.4. The Hall–Kier alpha value is -1.01. The van der Waals surface area contributed by atoms with Crippen molar-refractivity contribution in [2.24, 2.45) is 0 Å². The Balaban J connectivity index is 2.22. The first kappa shape index (κ1) is 11.1. The molecular weight excluding hydrogens is 204 g/mol. The van der Waals surface area contributed by atoms with E-state index in [0.717, 1.165) is 0 Å². The Morgan fingerprint density at radius 3 is 2.71 bits per heavy atom. The molecule has 0 saturated heterocycles. The molecule has 0 fully saturated rings. The van der Waals surface area contributed by atoms with Gasteiger partial charge in [-0.15, -0.1) is 0 Å². The molecule has 0 aromatic carbocycles. The van der Waals surface area contributed by atoms with Gasteiger partial charge < -0.3 is 9.80 Å². The lowest BCUT2D eigenvalue weighted by atomic mass is 10.4. The van der Waals surface area contributed by atoms with E-state index >= 15 is 0 Å². The molecule has 0 aliphatic carbocycles. The number of hydrogen-bond donors (Lipinski definition) is 1. The molecule has 6 heteroatoms. The van der Waals surface area contributed by atoms with Crippen molar-refractivity contribution in [1.29, 1.82) is 0 Å². The molecule has 1 rings (SSSR count). The first-order valence-corrected chi connectivity index (χ1v) is 5.88. The van der Waals surface area contributed by atoms with Crippen LogP contribution in [0.2, 0.25) is 0 Å². The zero-order valence-corrected chi connectivity index (χ0v) is 8.65. The SMILES string of the molecule is C=CN1C=CN(CCCS(=O)(=O)O)C1. The lowest BCUT2D eigenvalue weighted by molar-refractivity contribution is 0.314. The van der Waals surface area contributed by atoms with Crippen molar-refractivity contribution in [3.8, 4) is 0 Å². The number of nitrogens with zero attached hydrogens (tertiary/aromatic N) is 2. The second-order valence-corrected chi connectivity index (χ2v) is 4.66. The predicted molar refractivity (Wildman–Crippen MR) is 53.8 cm³/mol. The first-order valence-electron chi connectivity index (χ1n) is 4.27. The monoisotopic (exact) mass is 218 g/mol. The average molecular weight is 218 g/mol. The first-order chi connectivity index (χ1) is 6.51. The van der Waals surface area contributed by atoms with Crippen LogP contribution in [0.5, 0.6) is 0 Å². The van der Waals surface area contributed by atoms with Gasteiger partial charge in [-0.25, -0.2) is 0 Å². The molecule has 0 aromatic heterocycles. The maximum atomic E-state index is 10.4. The molecule has 80 valence electrons. The van der Waals surface area contributed by atoms with Gasteiger partial charge in [-0.3, -0.25) is 4.55 Å². The molecule has 0 spiro atoms. The molecule has 0 saturated carbocycles. The molecule has 0 bridgehead atoms. The summed E-state index contributed by atoms with van der Waals surface area (Å²) >= 11 is 0. The van der Waals surface area contributed by atoms with Gasteiger partial charge in [0.2, 0.25) is 0 Å². The Morgan fingerprint density at radius 2 is 2.21 bits per heavy atom. The fourth-order valence-electron chi connectivity index (χ4n) is 1.20. The van der Waals surface area contributed by atoms with Gasteiger partial charge in [0.15, 0.2) is 0 Å². The summed E-state index contributed by atoms with van der Waals surface area (Å²) in [5, 5.41) is 0. The van der Waals surface area contributed by atoms with Crippen molar-refractivity contribution < 1.29 is 13.0 Å². The third-order valence-corrected chi connectivity index (χ3v) is 2.70. The fraction of sp³-hybridized carbons (Fsp3) is 0.500. The standard InChI is InChI=1S/C8H14N2O3S/c1-2-9-5-6-10(8-9)4-3-7-14(11,12)13/h2,5-6H,1,3-4,7-8H2,(H,11,12,13). The summed E-state index contributed by atoms with van der Waals surface area (Å²) in [5.41, 5.74) is 0. The molecule has 1 N–H and O–H groups in total. The zero-order chi connectivity index (χ0) is 10.6. The van der Waals surface area contributed by atoms with Crippen molar-refractivity contribution in [2.75, 3.05) is 19.0 Å². The average Bonchev–Trinajstić information content (AvgIpc) is 2.50. The largest absolute Gasteiger partial charge is 0.358 e. The lowest BCUT2D eigenvalue weighted by Gasteiger charge is -2.17. The van der Waals surface area contributed by atoms with Crippen molar-refractivity contribution >= 4 is 10.1 Å². The smallest absolute Gasteiger partial charge is 0.264 e. The minimum atomic E-state index is -3.82. The Labute approximate surface area is 84.1 Å². The zero-order valence-electron chi connectivity index (χ0n) is 7.83. The van der Waals surface area contributed by atoms with E-state index in [4.69, 9.17) is 4.55 Å². The van der Waals surface area contributed by atoms with Crippen LogP contribution in [0, 0.1) is 0 Å². The van der Waals surface area contributed by atoms with Crippen molar-refractivity contribution in [3.05, 3.63) is 25.2 Å². The van der Waals surface area contributed by atoms with E-state index in [-0.39, 0.29) is 5.75 Å². The third-order valence-electron chi connectivity index (χ3n) is 1.90. The molecule has 5 nitrogen and oxygen atoms in total. The molecule has 0 unspecified atom stereocenters. The molecule has 0 atom stereocenters. The molecule has 0 radical (unpaired) electrons. The van der Waals surface area contributed by atoms with E-state index in [1.165, 1.54) is 0 Å². The van der Waals surface area contributed by atoms with E-state index in [1.54, 1.807) is 6.20 Å². The summed E-state index contributed by atoms with van der Waals surface area (Å²) in [5.74, 6) is -0.189. The highest BCUT2D eigenvalue weighted by Crippen LogP contribution is 2.06. The summed E-state index contributed by atoms with van der Waals surface area (Å²) < 4.78 is 29.3. The third kappa shape index (κ3) is 3.80. The van der Waals surface area contributed by atoms with E-state index in [9.17, 15) is 8.42 Å². The van der Waals surface area contributed by atoms with E-state index in [0.29, 0.717) is 19.6 Å². The minimum Gasteiger partial charge on any atom is -0.358 e. The molecule has 0 aromatic rings. The van der Waals surface area contributed by atoms with Gasteiger partial charge in [0.1, 0.15) is 0 Å². The highest BCUT2D eigenvalue weighted by atomic mass is 32.2. The summed E-state index contributed by atoms with van der Waals surface area (Å²) in [6.45, 7) is 4.91. The van der Waals surface area contributed by atoms with E-state index < -0.39 is 10.1 Å². The van der Waals surface area contributed by atoms with Crippen LogP contribution in [-0.4, -0.2) is 41.7 Å². The maximum absolute atomic E-state index is 10.4. The topological polar surface area (TPSA) is 60.9 Å². The lowest BCUT2D eigenvalue weighted by Crippen LogP contribution is -2.24. The summed E-state index contributed by atoms with van der Waals surface area (Å²) in [4.78, 5) is 3.83. The fourth-order valence-corrected chi connectivity index (χ4v) is 1.69. The minimum absolute atomic E-state index is 0.189. The van der Waals surface area contributed by atoms with Crippen LogP contribution in [0.3, 0.4) is 0 Å². The van der Waals surface area contributed by atoms with Crippen LogP contribution in [-0.2, 0) is 10.1 Å². The molecule has 1 heterocycles. The van der Waals surface area contributed by atoms with Crippen molar-refractivity contribution in [3.63, 3.8) is 0 Å². The van der Waals surface area contributed by atoms with Gasteiger partial charge in [-0.2, -0.15) is 8.42 Å². The second kappa shape index (κ2) is 4.47. The summed E-state index contributed by atoms with van der Waals surface area (Å²) in [6.07, 6.45) is 5.85. The molecular formula is C8H14N2O3S. The van der Waals surface area contributed by atoms with E-state index in [2.05, 4.69) is 6.58 Å². The Bertz CT molecular complexity index is 323. The van der Waals surface area contributed by atoms with Crippen molar-refractivity contribution in [2.45, 2.75) is 6.42 Å². The van der Waals surface area contributed by atoms with Crippen LogP contribution in [0.1, 0.15) is 6.42 Å². The summed E-state index contributed by atoms with van der Waals surface area (Å²) in [7, 11) is -3.82. The highest BCUT2D eigenvalue weighted by Gasteiger charge is 2.10. The quantitative estimate of drug-likeness (QED) is 0.679. The number of rotatable bonds is 5. The van der Waals surface area contributed by atoms with Gasteiger partial charge in [-0.1, -0.05) is 6.58 Å². The maximum Gasteiger partial charge on any atom is 0.264 e. The molecule has 0 amide bonds. The Morgan fingerprint density at radius 1 is 1.50 bits per heavy atom. The van der Waals surface area contributed by atoms with Gasteiger partial charge in [0.05, 0.1) is 12.4 Å². The number of hydrogen-bond acceptors (Lipinski definition) is 4. The van der Waals surface area contributed by atoms with Crippen LogP contribution in [0.15, 0.2) is 25.2 Å². The summed E-state index contributed by atoms with van der Waals surface area (Å²) in [6, 6.07) is 0. The van der Waals surface area contributed by atoms with Crippen molar-refractivity contribution in [1.82, 2.24) is 9.80 Å². The Kier molecular flexibility index (Phi) is 3.54. The van der Waals surface area contributed by atoms with Gasteiger partial charge in [0, 0.05) is 18.9 Å². The van der Waals surface area contributed by atoms with E-state index in [1.807, 2.05) is 22.2 Å². The predicted octanol–water partition coefficient (Wildman–Crippen LogP) is 0.454. The van der Waals surface area contributed by atoms with Crippen LogP contribution < -0.4 is 0 Å². The molecule has 1 aliphatic rings. The highest BCUT2D eigenvalue weighted by molar-refractivity contribution is 7.85. The molecule has 1 aliphatic heterocycles. The second-order valence-electron chi connectivity index (χ2n) is 3.09. The van der Waals surface area contributed by atoms with Gasteiger partial charge in [-0.05, 0) is 12.6 Å². The molecule has 14 heavy (non-hydrogen) atoms. The van der Waals surface area contributed by atoms with Crippen LogP contribution in [0.4, 0.5) is 0 Å². The van der Waals surface area contributed by atoms with Gasteiger partial charge in [0.25, 0.3) is 10.1 Å². The van der Waals surface area contributed by atoms with Crippen LogP contribution >= 0.6 is 0 Å². The van der Waals surface area contributed by atoms with Gasteiger partial charge >= 0.3 is 0 Å².